The van der Waals surface area contributed by atoms with Gasteiger partial charge in [-0.05, 0) is 32.1 Å². The van der Waals surface area contributed by atoms with Crippen LogP contribution in [-0.2, 0) is 11.3 Å². The summed E-state index contributed by atoms with van der Waals surface area (Å²) in [6, 6.07) is 12.5. The Kier molecular flexibility index (Phi) is 8.02. The number of benzene rings is 1. The van der Waals surface area contributed by atoms with E-state index >= 15 is 0 Å². The van der Waals surface area contributed by atoms with Gasteiger partial charge in [0.25, 0.3) is 0 Å². The van der Waals surface area contributed by atoms with Gasteiger partial charge in [0.15, 0.2) is 0 Å². The van der Waals surface area contributed by atoms with Gasteiger partial charge >= 0.3 is 0 Å². The zero-order chi connectivity index (χ0) is 20.5. The SMILES string of the molecule is CCN(C)CCOc1cc(N2CCOCC2)cc(CN=Cc2cccc(C)c2)n1. The van der Waals surface area contributed by atoms with Gasteiger partial charge in [-0.3, -0.25) is 4.99 Å². The Morgan fingerprint density at radius 2 is 2.07 bits per heavy atom. The Balaban J connectivity index is 1.72. The third kappa shape index (κ3) is 6.84. The lowest BCUT2D eigenvalue weighted by atomic mass is 10.1. The molecule has 1 aliphatic heterocycles. The average Bonchev–Trinajstić information content (AvgIpc) is 2.74. The normalized spacial score (nSPS) is 14.7. The van der Waals surface area contributed by atoms with Crippen molar-refractivity contribution in [2.75, 3.05) is 57.9 Å². The lowest BCUT2D eigenvalue weighted by Crippen LogP contribution is -2.36. The number of aromatic nitrogens is 1. The van der Waals surface area contributed by atoms with Gasteiger partial charge in [-0.15, -0.1) is 0 Å². The molecule has 6 nitrogen and oxygen atoms in total. The van der Waals surface area contributed by atoms with E-state index in [-0.39, 0.29) is 0 Å². The Labute approximate surface area is 174 Å². The Morgan fingerprint density at radius 3 is 2.83 bits per heavy atom. The highest BCUT2D eigenvalue weighted by Crippen LogP contribution is 2.23. The molecule has 0 spiro atoms. The summed E-state index contributed by atoms with van der Waals surface area (Å²) >= 11 is 0. The fourth-order valence-electron chi connectivity index (χ4n) is 3.16. The minimum Gasteiger partial charge on any atom is -0.476 e. The van der Waals surface area contributed by atoms with Crippen LogP contribution < -0.4 is 9.64 Å². The molecule has 0 N–H and O–H groups in total. The summed E-state index contributed by atoms with van der Waals surface area (Å²) in [6.07, 6.45) is 1.91. The zero-order valence-electron chi connectivity index (χ0n) is 17.8. The first kappa shape index (κ1) is 21.3. The van der Waals surface area contributed by atoms with E-state index in [1.165, 1.54) is 5.56 Å². The predicted octanol–water partition coefficient (Wildman–Crippen LogP) is 3.18. The molecule has 1 aromatic heterocycles. The number of aryl methyl sites for hydroxylation is 1. The first-order valence-electron chi connectivity index (χ1n) is 10.4. The molecule has 0 saturated carbocycles. The van der Waals surface area contributed by atoms with Gasteiger partial charge in [0.2, 0.25) is 5.88 Å². The van der Waals surface area contributed by atoms with Crippen molar-refractivity contribution in [2.24, 2.45) is 4.99 Å². The molecule has 1 fully saturated rings. The van der Waals surface area contributed by atoms with Crippen molar-refractivity contribution >= 4 is 11.9 Å². The minimum absolute atomic E-state index is 0.525. The molecule has 0 radical (unpaired) electrons. The number of hydrogen-bond acceptors (Lipinski definition) is 6. The molecule has 29 heavy (non-hydrogen) atoms. The van der Waals surface area contributed by atoms with Crippen LogP contribution in [0.2, 0.25) is 0 Å². The second-order valence-electron chi connectivity index (χ2n) is 7.38. The van der Waals surface area contributed by atoms with Crippen molar-refractivity contribution in [3.05, 3.63) is 53.2 Å². The third-order valence-electron chi connectivity index (χ3n) is 5.01. The number of rotatable bonds is 9. The summed E-state index contributed by atoms with van der Waals surface area (Å²) in [5.74, 6) is 0.666. The van der Waals surface area contributed by atoms with Gasteiger partial charge in [-0.1, -0.05) is 36.8 Å². The lowest BCUT2D eigenvalue weighted by Gasteiger charge is -2.29. The molecule has 1 aromatic carbocycles. The highest BCUT2D eigenvalue weighted by Gasteiger charge is 2.14. The molecule has 1 saturated heterocycles. The number of nitrogens with zero attached hydrogens (tertiary/aromatic N) is 4. The molecule has 0 atom stereocenters. The summed E-state index contributed by atoms with van der Waals surface area (Å²) in [5.41, 5.74) is 4.38. The third-order valence-corrected chi connectivity index (χ3v) is 5.01. The summed E-state index contributed by atoms with van der Waals surface area (Å²) < 4.78 is 11.5. The topological polar surface area (TPSA) is 50.2 Å². The van der Waals surface area contributed by atoms with Crippen LogP contribution >= 0.6 is 0 Å². The van der Waals surface area contributed by atoms with Crippen molar-refractivity contribution in [2.45, 2.75) is 20.4 Å². The second-order valence-corrected chi connectivity index (χ2v) is 7.38. The number of likely N-dealkylation sites (N-methyl/N-ethyl adjacent to an activating group) is 1. The lowest BCUT2D eigenvalue weighted by molar-refractivity contribution is 0.122. The highest BCUT2D eigenvalue weighted by atomic mass is 16.5. The quantitative estimate of drug-likeness (QED) is 0.610. The molecule has 2 heterocycles. The van der Waals surface area contributed by atoms with E-state index in [1.807, 2.05) is 18.3 Å². The molecule has 0 unspecified atom stereocenters. The Hall–Kier alpha value is -2.44. The Bertz CT molecular complexity index is 803. The van der Waals surface area contributed by atoms with Crippen LogP contribution in [0, 0.1) is 6.92 Å². The van der Waals surface area contributed by atoms with Crippen LogP contribution in [0.25, 0.3) is 0 Å². The fourth-order valence-corrected chi connectivity index (χ4v) is 3.16. The zero-order valence-corrected chi connectivity index (χ0v) is 17.8. The van der Waals surface area contributed by atoms with E-state index in [4.69, 9.17) is 9.47 Å². The first-order valence-corrected chi connectivity index (χ1v) is 10.4. The number of pyridine rings is 1. The van der Waals surface area contributed by atoms with E-state index < -0.39 is 0 Å². The smallest absolute Gasteiger partial charge is 0.215 e. The molecule has 156 valence electrons. The molecule has 1 aliphatic rings. The van der Waals surface area contributed by atoms with Gasteiger partial charge in [0.1, 0.15) is 6.61 Å². The van der Waals surface area contributed by atoms with Crippen molar-refractivity contribution in [3.8, 4) is 5.88 Å². The van der Waals surface area contributed by atoms with Crippen molar-refractivity contribution in [1.29, 1.82) is 0 Å². The molecule has 0 bridgehead atoms. The summed E-state index contributed by atoms with van der Waals surface area (Å²) in [5, 5.41) is 0. The second kappa shape index (κ2) is 10.9. The summed E-state index contributed by atoms with van der Waals surface area (Å²) in [4.78, 5) is 13.8. The van der Waals surface area contributed by atoms with Crippen LogP contribution in [0.5, 0.6) is 5.88 Å². The molecule has 0 amide bonds. The number of anilines is 1. The standard InChI is InChI=1S/C23H32N4O2/c1-4-26(3)8-13-29-23-16-22(27-9-11-28-12-10-27)15-21(25-23)18-24-17-20-7-5-6-19(2)14-20/h5-7,14-17H,4,8-13,18H2,1-3H3. The van der Waals surface area contributed by atoms with Crippen LogP contribution in [0.1, 0.15) is 23.7 Å². The largest absolute Gasteiger partial charge is 0.476 e. The summed E-state index contributed by atoms with van der Waals surface area (Å²) in [7, 11) is 2.09. The molecule has 6 heteroatoms. The van der Waals surface area contributed by atoms with Gasteiger partial charge in [-0.2, -0.15) is 0 Å². The van der Waals surface area contributed by atoms with Gasteiger partial charge in [-0.25, -0.2) is 4.98 Å². The van der Waals surface area contributed by atoms with E-state index in [9.17, 15) is 0 Å². The van der Waals surface area contributed by atoms with E-state index in [0.717, 1.165) is 56.3 Å². The van der Waals surface area contributed by atoms with E-state index in [0.29, 0.717) is 19.0 Å². The molecular formula is C23H32N4O2. The minimum atomic E-state index is 0.525. The number of hydrogen-bond donors (Lipinski definition) is 0. The van der Waals surface area contributed by atoms with Crippen LogP contribution in [0.3, 0.4) is 0 Å². The maximum Gasteiger partial charge on any atom is 0.215 e. The molecule has 2 aromatic rings. The monoisotopic (exact) mass is 396 g/mol. The van der Waals surface area contributed by atoms with Crippen LogP contribution in [0.4, 0.5) is 5.69 Å². The van der Waals surface area contributed by atoms with Crippen LogP contribution in [-0.4, -0.2) is 69.1 Å². The Morgan fingerprint density at radius 1 is 1.24 bits per heavy atom. The number of morpholine rings is 1. The van der Waals surface area contributed by atoms with Gasteiger partial charge < -0.3 is 19.3 Å². The predicted molar refractivity (Wildman–Crippen MR) is 118 cm³/mol. The van der Waals surface area contributed by atoms with Crippen molar-refractivity contribution in [1.82, 2.24) is 9.88 Å². The van der Waals surface area contributed by atoms with Crippen molar-refractivity contribution in [3.63, 3.8) is 0 Å². The maximum absolute atomic E-state index is 5.97. The van der Waals surface area contributed by atoms with Crippen molar-refractivity contribution < 1.29 is 9.47 Å². The summed E-state index contributed by atoms with van der Waals surface area (Å²) in [6.45, 7) is 10.5. The maximum atomic E-state index is 5.97. The molecule has 3 rings (SSSR count). The fraction of sp³-hybridized carbons (Fsp3) is 0.478. The number of aliphatic imine (C=N–C) groups is 1. The van der Waals surface area contributed by atoms with Gasteiger partial charge in [0, 0.05) is 37.6 Å². The first-order chi connectivity index (χ1) is 14.1. The number of ether oxygens (including phenoxy) is 2. The molecule has 0 aliphatic carbocycles. The molecular weight excluding hydrogens is 364 g/mol. The van der Waals surface area contributed by atoms with E-state index in [1.54, 1.807) is 0 Å². The average molecular weight is 397 g/mol. The van der Waals surface area contributed by atoms with Gasteiger partial charge in [0.05, 0.1) is 25.5 Å². The van der Waals surface area contributed by atoms with E-state index in [2.05, 4.69) is 64.9 Å². The van der Waals surface area contributed by atoms with Crippen LogP contribution in [0.15, 0.2) is 41.4 Å². The highest BCUT2D eigenvalue weighted by molar-refractivity contribution is 5.79.